The molecule has 0 spiro atoms. The Morgan fingerprint density at radius 3 is 2.29 bits per heavy atom. The first-order valence-electron chi connectivity index (χ1n) is 8.32. The minimum absolute atomic E-state index is 0.361. The molecule has 0 saturated carbocycles. The highest BCUT2D eigenvalue weighted by molar-refractivity contribution is 5.95. The molecule has 0 aromatic heterocycles. The van der Waals surface area contributed by atoms with Crippen LogP contribution in [0.2, 0.25) is 0 Å². The van der Waals surface area contributed by atoms with Crippen molar-refractivity contribution in [3.63, 3.8) is 0 Å². The van der Waals surface area contributed by atoms with E-state index >= 15 is 0 Å². The summed E-state index contributed by atoms with van der Waals surface area (Å²) in [5.74, 6) is 0.561. The SMILES string of the molecule is COC(=O)c1ccccc1N=CCC(C)c1ccc(C(C)C)cc1. The van der Waals surface area contributed by atoms with Gasteiger partial charge in [-0.1, -0.05) is 57.2 Å². The van der Waals surface area contributed by atoms with Crippen molar-refractivity contribution in [2.24, 2.45) is 4.99 Å². The molecular formula is C21H25NO2. The highest BCUT2D eigenvalue weighted by Crippen LogP contribution is 2.23. The lowest BCUT2D eigenvalue weighted by Crippen LogP contribution is -2.01. The molecule has 0 fully saturated rings. The number of rotatable bonds is 6. The standard InChI is InChI=1S/C21H25NO2/c1-15(2)17-9-11-18(12-10-17)16(3)13-14-22-20-8-6-5-7-19(20)21(23)24-4/h5-12,14-16H,13H2,1-4H3. The Balaban J connectivity index is 2.05. The number of methoxy groups -OCH3 is 1. The predicted molar refractivity (Wildman–Crippen MR) is 99.5 cm³/mol. The largest absolute Gasteiger partial charge is 0.465 e. The van der Waals surface area contributed by atoms with Gasteiger partial charge in [0.15, 0.2) is 0 Å². The van der Waals surface area contributed by atoms with Crippen LogP contribution in [-0.4, -0.2) is 19.3 Å². The molecule has 3 nitrogen and oxygen atoms in total. The maximum absolute atomic E-state index is 11.7. The third kappa shape index (κ3) is 4.54. The van der Waals surface area contributed by atoms with Gasteiger partial charge in [-0.2, -0.15) is 0 Å². The minimum Gasteiger partial charge on any atom is -0.465 e. The molecule has 0 bridgehead atoms. The van der Waals surface area contributed by atoms with Gasteiger partial charge in [-0.25, -0.2) is 4.79 Å². The van der Waals surface area contributed by atoms with Gasteiger partial charge in [-0.05, 0) is 41.5 Å². The van der Waals surface area contributed by atoms with Gasteiger partial charge < -0.3 is 4.74 Å². The second-order valence-corrected chi connectivity index (χ2v) is 6.28. The van der Waals surface area contributed by atoms with Crippen LogP contribution in [0, 0.1) is 0 Å². The van der Waals surface area contributed by atoms with E-state index in [1.807, 2.05) is 24.4 Å². The van der Waals surface area contributed by atoms with Crippen molar-refractivity contribution in [2.75, 3.05) is 7.11 Å². The van der Waals surface area contributed by atoms with Crippen LogP contribution >= 0.6 is 0 Å². The maximum Gasteiger partial charge on any atom is 0.340 e. The summed E-state index contributed by atoms with van der Waals surface area (Å²) in [5, 5.41) is 0. The maximum atomic E-state index is 11.7. The Hall–Kier alpha value is -2.42. The molecule has 2 rings (SSSR count). The van der Waals surface area contributed by atoms with E-state index in [4.69, 9.17) is 4.74 Å². The third-order valence-electron chi connectivity index (χ3n) is 4.17. The highest BCUT2D eigenvalue weighted by Gasteiger charge is 2.10. The van der Waals surface area contributed by atoms with Crippen molar-refractivity contribution < 1.29 is 9.53 Å². The Morgan fingerprint density at radius 1 is 1.04 bits per heavy atom. The first-order chi connectivity index (χ1) is 11.5. The zero-order chi connectivity index (χ0) is 17.5. The van der Waals surface area contributed by atoms with Crippen molar-refractivity contribution in [3.8, 4) is 0 Å². The van der Waals surface area contributed by atoms with Crippen LogP contribution < -0.4 is 0 Å². The number of ether oxygens (including phenoxy) is 1. The van der Waals surface area contributed by atoms with E-state index in [1.165, 1.54) is 18.2 Å². The van der Waals surface area contributed by atoms with Crippen LogP contribution in [0.4, 0.5) is 5.69 Å². The van der Waals surface area contributed by atoms with E-state index in [1.54, 1.807) is 6.07 Å². The summed E-state index contributed by atoms with van der Waals surface area (Å²) in [6.45, 7) is 6.58. The number of carbonyl (C=O) groups is 1. The van der Waals surface area contributed by atoms with E-state index in [9.17, 15) is 4.79 Å². The van der Waals surface area contributed by atoms with Crippen molar-refractivity contribution in [2.45, 2.75) is 39.0 Å². The van der Waals surface area contributed by atoms with Crippen molar-refractivity contribution in [3.05, 3.63) is 65.2 Å². The molecule has 126 valence electrons. The van der Waals surface area contributed by atoms with Gasteiger partial charge in [-0.15, -0.1) is 0 Å². The molecule has 0 aliphatic rings. The van der Waals surface area contributed by atoms with Gasteiger partial charge in [0.05, 0.1) is 18.4 Å². The molecule has 2 aromatic rings. The van der Waals surface area contributed by atoms with Crippen molar-refractivity contribution in [1.82, 2.24) is 0 Å². The number of esters is 1. The highest BCUT2D eigenvalue weighted by atomic mass is 16.5. The number of para-hydroxylation sites is 1. The van der Waals surface area contributed by atoms with Crippen LogP contribution in [0.15, 0.2) is 53.5 Å². The molecule has 0 aliphatic carbocycles. The summed E-state index contributed by atoms with van der Waals surface area (Å²) < 4.78 is 4.79. The molecular weight excluding hydrogens is 298 g/mol. The summed E-state index contributed by atoms with van der Waals surface area (Å²) in [4.78, 5) is 16.2. The van der Waals surface area contributed by atoms with Crippen LogP contribution in [0.25, 0.3) is 0 Å². The summed E-state index contributed by atoms with van der Waals surface area (Å²) in [6.07, 6.45) is 2.69. The summed E-state index contributed by atoms with van der Waals surface area (Å²) in [7, 11) is 1.38. The molecule has 1 unspecified atom stereocenters. The number of benzene rings is 2. The van der Waals surface area contributed by atoms with Gasteiger partial charge in [-0.3, -0.25) is 4.99 Å². The lowest BCUT2D eigenvalue weighted by molar-refractivity contribution is 0.0601. The first kappa shape index (κ1) is 17.9. The number of carbonyl (C=O) groups excluding carboxylic acids is 1. The molecule has 2 aromatic carbocycles. The lowest BCUT2D eigenvalue weighted by Gasteiger charge is -2.11. The summed E-state index contributed by atoms with van der Waals surface area (Å²) >= 11 is 0. The van der Waals surface area contributed by atoms with Crippen LogP contribution in [0.1, 0.15) is 60.5 Å². The molecule has 0 N–H and O–H groups in total. The molecule has 0 saturated heterocycles. The second kappa shape index (κ2) is 8.44. The second-order valence-electron chi connectivity index (χ2n) is 6.28. The normalized spacial score (nSPS) is 12.5. The predicted octanol–water partition coefficient (Wildman–Crippen LogP) is 5.49. The molecule has 0 radical (unpaired) electrons. The van der Waals surface area contributed by atoms with Gasteiger partial charge in [0.1, 0.15) is 0 Å². The Labute approximate surface area is 144 Å². The summed E-state index contributed by atoms with van der Waals surface area (Å²) in [6, 6.07) is 16.0. The van der Waals surface area contributed by atoms with Gasteiger partial charge >= 0.3 is 5.97 Å². The molecule has 24 heavy (non-hydrogen) atoms. The number of hydrogen-bond acceptors (Lipinski definition) is 3. The van der Waals surface area contributed by atoms with Crippen molar-refractivity contribution in [1.29, 1.82) is 0 Å². The van der Waals surface area contributed by atoms with Crippen molar-refractivity contribution >= 4 is 17.9 Å². The monoisotopic (exact) mass is 323 g/mol. The van der Waals surface area contributed by atoms with E-state index in [0.29, 0.717) is 23.1 Å². The first-order valence-corrected chi connectivity index (χ1v) is 8.32. The fourth-order valence-corrected chi connectivity index (χ4v) is 2.52. The zero-order valence-corrected chi connectivity index (χ0v) is 14.8. The molecule has 1 atom stereocenters. The molecule has 3 heteroatoms. The number of hydrogen-bond donors (Lipinski definition) is 0. The van der Waals surface area contributed by atoms with E-state index < -0.39 is 0 Å². The van der Waals surface area contributed by atoms with E-state index in [0.717, 1.165) is 6.42 Å². The molecule has 0 heterocycles. The Morgan fingerprint density at radius 2 is 1.67 bits per heavy atom. The Kier molecular flexibility index (Phi) is 6.30. The van der Waals surface area contributed by atoms with Crippen LogP contribution in [0.5, 0.6) is 0 Å². The fourth-order valence-electron chi connectivity index (χ4n) is 2.52. The fraction of sp³-hybridized carbons (Fsp3) is 0.333. The van der Waals surface area contributed by atoms with Gasteiger partial charge in [0.2, 0.25) is 0 Å². The number of aliphatic imine (C=N–C) groups is 1. The average molecular weight is 323 g/mol. The minimum atomic E-state index is -0.361. The smallest absolute Gasteiger partial charge is 0.340 e. The van der Waals surface area contributed by atoms with Crippen LogP contribution in [-0.2, 0) is 4.74 Å². The van der Waals surface area contributed by atoms with Gasteiger partial charge in [0.25, 0.3) is 0 Å². The molecule has 0 amide bonds. The average Bonchev–Trinajstić information content (AvgIpc) is 2.61. The van der Waals surface area contributed by atoms with Gasteiger partial charge in [0, 0.05) is 6.21 Å². The zero-order valence-electron chi connectivity index (χ0n) is 14.8. The van der Waals surface area contributed by atoms with E-state index in [-0.39, 0.29) is 5.97 Å². The third-order valence-corrected chi connectivity index (χ3v) is 4.17. The Bertz CT molecular complexity index is 702. The number of nitrogens with zero attached hydrogens (tertiary/aromatic N) is 1. The van der Waals surface area contributed by atoms with Crippen LogP contribution in [0.3, 0.4) is 0 Å². The van der Waals surface area contributed by atoms with E-state index in [2.05, 4.69) is 50.0 Å². The molecule has 0 aliphatic heterocycles. The lowest BCUT2D eigenvalue weighted by atomic mass is 9.95. The summed E-state index contributed by atoms with van der Waals surface area (Å²) in [5.41, 5.74) is 3.79. The topological polar surface area (TPSA) is 38.7 Å². The quantitative estimate of drug-likeness (QED) is 0.520.